The lowest BCUT2D eigenvalue weighted by Crippen LogP contribution is -2.22. The van der Waals surface area contributed by atoms with E-state index in [0.29, 0.717) is 5.56 Å². The topological polar surface area (TPSA) is 0 Å². The number of hydrogen-bond acceptors (Lipinski definition) is 0. The Kier molecular flexibility index (Phi) is 4.69. The molecular formula is C19H24ClF. The van der Waals surface area contributed by atoms with Gasteiger partial charge in [0.2, 0.25) is 0 Å². The molecule has 2 aliphatic carbocycles. The molecule has 0 N–H and O–H groups in total. The van der Waals surface area contributed by atoms with E-state index in [0.717, 1.165) is 36.2 Å². The molecule has 0 aliphatic heterocycles. The lowest BCUT2D eigenvalue weighted by Gasteiger charge is -2.34. The van der Waals surface area contributed by atoms with Crippen LogP contribution in [-0.2, 0) is 0 Å². The van der Waals surface area contributed by atoms with Crippen molar-refractivity contribution < 1.29 is 4.39 Å². The number of hydrogen-bond donors (Lipinski definition) is 0. The fraction of sp³-hybridized carbons (Fsp3) is 0.579. The molecule has 0 bridgehead atoms. The Bertz CT molecular complexity index is 526. The Morgan fingerprint density at radius 3 is 2.48 bits per heavy atom. The second kappa shape index (κ2) is 6.52. The summed E-state index contributed by atoms with van der Waals surface area (Å²) in [5.41, 5.74) is 1.86. The Morgan fingerprint density at radius 2 is 1.81 bits per heavy atom. The van der Waals surface area contributed by atoms with E-state index in [-0.39, 0.29) is 10.8 Å². The van der Waals surface area contributed by atoms with Gasteiger partial charge in [0, 0.05) is 5.56 Å². The fourth-order valence-corrected chi connectivity index (χ4v) is 4.21. The molecule has 2 aliphatic rings. The minimum absolute atomic E-state index is 0.233. The van der Waals surface area contributed by atoms with Crippen molar-refractivity contribution in [1.29, 1.82) is 0 Å². The van der Waals surface area contributed by atoms with Crippen LogP contribution in [0.15, 0.2) is 24.3 Å². The van der Waals surface area contributed by atoms with Gasteiger partial charge in [-0.1, -0.05) is 49.6 Å². The van der Waals surface area contributed by atoms with Gasteiger partial charge in [0.15, 0.2) is 0 Å². The molecule has 0 spiro atoms. The van der Waals surface area contributed by atoms with E-state index >= 15 is 0 Å². The number of rotatable bonds is 2. The van der Waals surface area contributed by atoms with E-state index in [4.69, 9.17) is 11.6 Å². The van der Waals surface area contributed by atoms with E-state index in [2.05, 4.69) is 13.0 Å². The van der Waals surface area contributed by atoms with Crippen LogP contribution < -0.4 is 0 Å². The Morgan fingerprint density at radius 1 is 1.05 bits per heavy atom. The van der Waals surface area contributed by atoms with E-state index < -0.39 is 0 Å². The Labute approximate surface area is 132 Å². The molecule has 0 amide bonds. The molecule has 2 heteroatoms. The van der Waals surface area contributed by atoms with Gasteiger partial charge in [0.25, 0.3) is 0 Å². The predicted molar refractivity (Wildman–Crippen MR) is 87.9 cm³/mol. The van der Waals surface area contributed by atoms with E-state index in [1.165, 1.54) is 32.1 Å². The van der Waals surface area contributed by atoms with Gasteiger partial charge in [-0.05, 0) is 61.5 Å². The molecular weight excluding hydrogens is 283 g/mol. The first-order valence-electron chi connectivity index (χ1n) is 8.28. The third-order valence-corrected chi connectivity index (χ3v) is 5.77. The van der Waals surface area contributed by atoms with Crippen LogP contribution in [0.3, 0.4) is 0 Å². The van der Waals surface area contributed by atoms with E-state index in [9.17, 15) is 4.39 Å². The highest BCUT2D eigenvalue weighted by Crippen LogP contribution is 2.41. The van der Waals surface area contributed by atoms with Crippen molar-refractivity contribution in [2.75, 3.05) is 0 Å². The number of allylic oxidation sites excluding steroid dienone is 2. The highest BCUT2D eigenvalue weighted by molar-refractivity contribution is 6.30. The van der Waals surface area contributed by atoms with Crippen molar-refractivity contribution in [3.8, 4) is 0 Å². The third kappa shape index (κ3) is 3.34. The van der Waals surface area contributed by atoms with Crippen LogP contribution in [-0.4, -0.2) is 0 Å². The molecule has 0 saturated heterocycles. The van der Waals surface area contributed by atoms with Crippen LogP contribution >= 0.6 is 11.6 Å². The van der Waals surface area contributed by atoms with Crippen LogP contribution in [0.25, 0.3) is 5.57 Å². The molecule has 1 saturated carbocycles. The van der Waals surface area contributed by atoms with Crippen LogP contribution in [0.1, 0.15) is 57.4 Å². The molecule has 0 heterocycles. The standard InChI is InChI=1S/C19H24ClF/c1-13-5-7-14(8-6-13)15-9-11-16(12-10-15)17-3-2-4-18(20)19(17)21/h2-4,11,13-15H,5-10,12H2,1H3. The first-order valence-corrected chi connectivity index (χ1v) is 8.66. The summed E-state index contributed by atoms with van der Waals surface area (Å²) in [5.74, 6) is 2.36. The van der Waals surface area contributed by atoms with Crippen molar-refractivity contribution in [3.63, 3.8) is 0 Å². The molecule has 1 unspecified atom stereocenters. The normalized spacial score (nSPS) is 30.0. The Hall–Kier alpha value is -0.820. The second-order valence-corrected chi connectivity index (χ2v) is 7.29. The number of halogens is 2. The summed E-state index contributed by atoms with van der Waals surface area (Å²) >= 11 is 5.89. The maximum Gasteiger partial charge on any atom is 0.149 e. The molecule has 0 aromatic heterocycles. The van der Waals surface area contributed by atoms with E-state index in [1.807, 2.05) is 12.1 Å². The molecule has 1 fully saturated rings. The van der Waals surface area contributed by atoms with Crippen molar-refractivity contribution in [2.24, 2.45) is 17.8 Å². The summed E-state index contributed by atoms with van der Waals surface area (Å²) in [6.45, 7) is 2.37. The zero-order valence-corrected chi connectivity index (χ0v) is 13.5. The fourth-order valence-electron chi connectivity index (χ4n) is 4.04. The minimum Gasteiger partial charge on any atom is -0.205 e. The molecule has 21 heavy (non-hydrogen) atoms. The molecule has 1 atom stereocenters. The highest BCUT2D eigenvalue weighted by atomic mass is 35.5. The first-order chi connectivity index (χ1) is 10.1. The number of benzene rings is 1. The summed E-state index contributed by atoms with van der Waals surface area (Å²) in [5, 5.41) is 0.233. The van der Waals surface area contributed by atoms with Gasteiger partial charge >= 0.3 is 0 Å². The van der Waals surface area contributed by atoms with Gasteiger partial charge in [0.05, 0.1) is 5.02 Å². The summed E-state index contributed by atoms with van der Waals surface area (Å²) < 4.78 is 14.1. The lowest BCUT2D eigenvalue weighted by atomic mass is 9.71. The summed E-state index contributed by atoms with van der Waals surface area (Å²) in [6.07, 6.45) is 11.1. The predicted octanol–water partition coefficient (Wildman–Crippen LogP) is 6.49. The van der Waals surface area contributed by atoms with Crippen molar-refractivity contribution in [2.45, 2.75) is 51.9 Å². The van der Waals surface area contributed by atoms with Crippen LogP contribution in [0.5, 0.6) is 0 Å². The van der Waals surface area contributed by atoms with Gasteiger partial charge in [-0.2, -0.15) is 0 Å². The van der Waals surface area contributed by atoms with Gasteiger partial charge < -0.3 is 0 Å². The lowest BCUT2D eigenvalue weighted by molar-refractivity contribution is 0.202. The van der Waals surface area contributed by atoms with Gasteiger partial charge in [-0.15, -0.1) is 0 Å². The largest absolute Gasteiger partial charge is 0.205 e. The maximum atomic E-state index is 14.1. The average molecular weight is 307 g/mol. The van der Waals surface area contributed by atoms with Crippen molar-refractivity contribution in [1.82, 2.24) is 0 Å². The molecule has 1 aromatic rings. The quantitative estimate of drug-likeness (QED) is 0.586. The molecule has 3 rings (SSSR count). The van der Waals surface area contributed by atoms with Gasteiger partial charge in [0.1, 0.15) is 5.82 Å². The maximum absolute atomic E-state index is 14.1. The third-order valence-electron chi connectivity index (χ3n) is 5.48. The summed E-state index contributed by atoms with van der Waals surface area (Å²) in [4.78, 5) is 0. The highest BCUT2D eigenvalue weighted by Gasteiger charge is 2.28. The van der Waals surface area contributed by atoms with Crippen molar-refractivity contribution in [3.05, 3.63) is 40.7 Å². The molecule has 114 valence electrons. The van der Waals surface area contributed by atoms with Crippen molar-refractivity contribution >= 4 is 17.2 Å². The molecule has 1 aromatic carbocycles. The smallest absolute Gasteiger partial charge is 0.149 e. The summed E-state index contributed by atoms with van der Waals surface area (Å²) in [6, 6.07) is 5.32. The molecule has 0 nitrogen and oxygen atoms in total. The first kappa shape index (κ1) is 15.1. The Balaban J connectivity index is 1.68. The molecule has 0 radical (unpaired) electrons. The van der Waals surface area contributed by atoms with Crippen LogP contribution in [0, 0.1) is 23.6 Å². The minimum atomic E-state index is -0.254. The average Bonchev–Trinajstić information content (AvgIpc) is 2.51. The second-order valence-electron chi connectivity index (χ2n) is 6.89. The van der Waals surface area contributed by atoms with Gasteiger partial charge in [-0.3, -0.25) is 0 Å². The van der Waals surface area contributed by atoms with E-state index in [1.54, 1.807) is 6.07 Å². The summed E-state index contributed by atoms with van der Waals surface area (Å²) in [7, 11) is 0. The zero-order chi connectivity index (χ0) is 14.8. The zero-order valence-electron chi connectivity index (χ0n) is 12.7. The van der Waals surface area contributed by atoms with Gasteiger partial charge in [-0.25, -0.2) is 4.39 Å². The SMILES string of the molecule is CC1CCC(C2CC=C(c3cccc(Cl)c3F)CC2)CC1. The van der Waals surface area contributed by atoms with Crippen LogP contribution in [0.2, 0.25) is 5.02 Å². The van der Waals surface area contributed by atoms with Crippen LogP contribution in [0.4, 0.5) is 4.39 Å². The monoisotopic (exact) mass is 306 g/mol.